The van der Waals surface area contributed by atoms with E-state index in [0.717, 1.165) is 27.4 Å². The SMILES string of the molecule is CCNC(=O)NCc1cccc(CN2C(=O)c3cccc(NC(=O)c4ccc(Cl)s4)c3C2=O)c1. The molecule has 0 fully saturated rings. The third-order valence-corrected chi connectivity index (χ3v) is 6.40. The van der Waals surface area contributed by atoms with E-state index >= 15 is 0 Å². The van der Waals surface area contributed by atoms with E-state index in [2.05, 4.69) is 16.0 Å². The minimum Gasteiger partial charge on any atom is -0.338 e. The molecular formula is C24H21ClN4O4S. The summed E-state index contributed by atoms with van der Waals surface area (Å²) >= 11 is 7.03. The zero-order valence-corrected chi connectivity index (χ0v) is 19.8. The molecule has 5 amide bonds. The summed E-state index contributed by atoms with van der Waals surface area (Å²) in [4.78, 5) is 52.0. The Labute approximate surface area is 204 Å². The van der Waals surface area contributed by atoms with Crippen molar-refractivity contribution in [2.45, 2.75) is 20.0 Å². The first-order valence-corrected chi connectivity index (χ1v) is 11.7. The van der Waals surface area contributed by atoms with Crippen LogP contribution in [0.15, 0.2) is 54.6 Å². The van der Waals surface area contributed by atoms with Gasteiger partial charge in [-0.1, -0.05) is 41.9 Å². The monoisotopic (exact) mass is 496 g/mol. The first-order chi connectivity index (χ1) is 16.4. The van der Waals surface area contributed by atoms with Crippen LogP contribution in [-0.4, -0.2) is 35.2 Å². The highest BCUT2D eigenvalue weighted by atomic mass is 35.5. The molecule has 174 valence electrons. The van der Waals surface area contributed by atoms with Crippen LogP contribution < -0.4 is 16.0 Å². The van der Waals surface area contributed by atoms with Gasteiger partial charge < -0.3 is 16.0 Å². The molecule has 0 saturated carbocycles. The van der Waals surface area contributed by atoms with E-state index < -0.39 is 17.7 Å². The Morgan fingerprint density at radius 2 is 1.74 bits per heavy atom. The van der Waals surface area contributed by atoms with Crippen LogP contribution in [0.4, 0.5) is 10.5 Å². The van der Waals surface area contributed by atoms with E-state index in [-0.39, 0.29) is 29.4 Å². The Bertz CT molecular complexity index is 1290. The Morgan fingerprint density at radius 3 is 2.47 bits per heavy atom. The van der Waals surface area contributed by atoms with Gasteiger partial charge in [-0.3, -0.25) is 19.3 Å². The van der Waals surface area contributed by atoms with Gasteiger partial charge in [0.05, 0.1) is 32.6 Å². The second-order valence-electron chi connectivity index (χ2n) is 7.52. The second kappa shape index (κ2) is 10.1. The molecule has 3 aromatic rings. The third-order valence-electron chi connectivity index (χ3n) is 5.17. The molecule has 1 aromatic heterocycles. The number of imide groups is 1. The molecule has 3 N–H and O–H groups in total. The van der Waals surface area contributed by atoms with Crippen LogP contribution in [0.1, 0.15) is 48.4 Å². The van der Waals surface area contributed by atoms with Crippen molar-refractivity contribution in [2.24, 2.45) is 0 Å². The molecule has 0 bridgehead atoms. The fraction of sp³-hybridized carbons (Fsp3) is 0.167. The largest absolute Gasteiger partial charge is 0.338 e. The van der Waals surface area contributed by atoms with E-state index in [1.54, 1.807) is 36.4 Å². The molecule has 34 heavy (non-hydrogen) atoms. The predicted octanol–water partition coefficient (Wildman–Crippen LogP) is 4.27. The molecule has 2 heterocycles. The minimum atomic E-state index is -0.481. The molecule has 2 aromatic carbocycles. The summed E-state index contributed by atoms with van der Waals surface area (Å²) in [5, 5.41) is 8.13. The Balaban J connectivity index is 1.50. The van der Waals surface area contributed by atoms with Crippen LogP contribution >= 0.6 is 22.9 Å². The predicted molar refractivity (Wildman–Crippen MR) is 130 cm³/mol. The molecule has 0 atom stereocenters. The van der Waals surface area contributed by atoms with Gasteiger partial charge in [-0.15, -0.1) is 11.3 Å². The van der Waals surface area contributed by atoms with Crippen molar-refractivity contribution in [1.82, 2.24) is 15.5 Å². The number of benzene rings is 2. The molecule has 0 unspecified atom stereocenters. The number of nitrogens with one attached hydrogen (secondary N) is 3. The number of rotatable bonds is 7. The van der Waals surface area contributed by atoms with Crippen molar-refractivity contribution in [1.29, 1.82) is 0 Å². The number of thiophene rings is 1. The van der Waals surface area contributed by atoms with Crippen molar-refractivity contribution in [3.8, 4) is 0 Å². The van der Waals surface area contributed by atoms with Crippen LogP contribution in [0, 0.1) is 0 Å². The maximum Gasteiger partial charge on any atom is 0.315 e. The van der Waals surface area contributed by atoms with E-state index in [1.165, 1.54) is 0 Å². The molecular weight excluding hydrogens is 476 g/mol. The number of fused-ring (bicyclic) bond motifs is 1. The quantitative estimate of drug-likeness (QED) is 0.424. The Morgan fingerprint density at radius 1 is 0.971 bits per heavy atom. The van der Waals surface area contributed by atoms with Crippen LogP contribution in [0.25, 0.3) is 0 Å². The lowest BCUT2D eigenvalue weighted by molar-refractivity contribution is 0.0642. The summed E-state index contributed by atoms with van der Waals surface area (Å²) in [5.41, 5.74) is 2.25. The minimum absolute atomic E-state index is 0.0647. The maximum absolute atomic E-state index is 13.2. The van der Waals surface area contributed by atoms with Crippen molar-refractivity contribution in [3.05, 3.63) is 86.1 Å². The first-order valence-electron chi connectivity index (χ1n) is 10.5. The Hall–Kier alpha value is -3.69. The molecule has 0 aliphatic carbocycles. The van der Waals surface area contributed by atoms with Gasteiger partial charge in [0.25, 0.3) is 17.7 Å². The average molecular weight is 497 g/mol. The standard InChI is InChI=1S/C24H21ClN4O4S/c1-2-26-24(33)27-12-14-5-3-6-15(11-14)13-29-22(31)16-7-4-8-17(20(16)23(29)32)28-21(30)18-9-10-19(25)34-18/h3-11H,2,12-13H2,1H3,(H,28,30)(H2,26,27,33). The second-order valence-corrected chi connectivity index (χ2v) is 9.23. The van der Waals surface area contributed by atoms with E-state index in [0.29, 0.717) is 22.3 Å². The number of urea groups is 1. The van der Waals surface area contributed by atoms with Crippen molar-refractivity contribution in [2.75, 3.05) is 11.9 Å². The van der Waals surface area contributed by atoms with Crippen molar-refractivity contribution < 1.29 is 19.2 Å². The van der Waals surface area contributed by atoms with Gasteiger partial charge in [-0.25, -0.2) is 4.79 Å². The van der Waals surface area contributed by atoms with Gasteiger partial charge in [0, 0.05) is 13.1 Å². The normalized spacial score (nSPS) is 12.5. The summed E-state index contributed by atoms with van der Waals surface area (Å²) in [5.74, 6) is -1.32. The average Bonchev–Trinajstić information content (AvgIpc) is 3.36. The number of amides is 5. The van der Waals surface area contributed by atoms with Crippen LogP contribution in [0.2, 0.25) is 4.34 Å². The fourth-order valence-corrected chi connectivity index (χ4v) is 4.57. The van der Waals surface area contributed by atoms with Crippen LogP contribution in [0.3, 0.4) is 0 Å². The number of nitrogens with zero attached hydrogens (tertiary/aromatic N) is 1. The fourth-order valence-electron chi connectivity index (χ4n) is 3.63. The molecule has 0 radical (unpaired) electrons. The highest BCUT2D eigenvalue weighted by Gasteiger charge is 2.37. The lowest BCUT2D eigenvalue weighted by Gasteiger charge is -2.15. The third kappa shape index (κ3) is 4.95. The molecule has 8 nitrogen and oxygen atoms in total. The summed E-state index contributed by atoms with van der Waals surface area (Å²) in [6, 6.07) is 15.0. The zero-order valence-electron chi connectivity index (χ0n) is 18.2. The van der Waals surface area contributed by atoms with Gasteiger partial charge in [-0.2, -0.15) is 0 Å². The molecule has 10 heteroatoms. The van der Waals surface area contributed by atoms with Crippen LogP contribution in [0.5, 0.6) is 0 Å². The zero-order chi connectivity index (χ0) is 24.2. The number of hydrogen-bond donors (Lipinski definition) is 3. The lowest BCUT2D eigenvalue weighted by Crippen LogP contribution is -2.34. The first kappa shape index (κ1) is 23.5. The number of halogens is 1. The molecule has 1 aliphatic rings. The van der Waals surface area contributed by atoms with Gasteiger partial charge in [0.2, 0.25) is 0 Å². The molecule has 0 saturated heterocycles. The smallest absolute Gasteiger partial charge is 0.315 e. The van der Waals surface area contributed by atoms with Gasteiger partial charge >= 0.3 is 6.03 Å². The summed E-state index contributed by atoms with van der Waals surface area (Å²) in [7, 11) is 0. The van der Waals surface area contributed by atoms with E-state index in [4.69, 9.17) is 11.6 Å². The highest BCUT2D eigenvalue weighted by molar-refractivity contribution is 7.18. The number of carbonyl (C=O) groups excluding carboxylic acids is 4. The van der Waals surface area contributed by atoms with Crippen molar-refractivity contribution >= 4 is 52.4 Å². The summed E-state index contributed by atoms with van der Waals surface area (Å²) in [6.45, 7) is 2.73. The van der Waals surface area contributed by atoms with Gasteiger partial charge in [0.15, 0.2) is 0 Å². The van der Waals surface area contributed by atoms with Gasteiger partial charge in [0.1, 0.15) is 0 Å². The molecule has 0 spiro atoms. The van der Waals surface area contributed by atoms with Gasteiger partial charge in [-0.05, 0) is 42.3 Å². The topological polar surface area (TPSA) is 108 Å². The van der Waals surface area contributed by atoms with Crippen molar-refractivity contribution in [3.63, 3.8) is 0 Å². The van der Waals surface area contributed by atoms with E-state index in [9.17, 15) is 19.2 Å². The number of hydrogen-bond acceptors (Lipinski definition) is 5. The molecule has 4 rings (SSSR count). The van der Waals surface area contributed by atoms with Crippen LogP contribution in [-0.2, 0) is 13.1 Å². The number of carbonyl (C=O) groups is 4. The lowest BCUT2D eigenvalue weighted by atomic mass is 10.1. The maximum atomic E-state index is 13.2. The summed E-state index contributed by atoms with van der Waals surface area (Å²) in [6.07, 6.45) is 0. The molecule has 1 aliphatic heterocycles. The summed E-state index contributed by atoms with van der Waals surface area (Å²) < 4.78 is 0.476. The van der Waals surface area contributed by atoms with E-state index in [1.807, 2.05) is 25.1 Å². The Kier molecular flexibility index (Phi) is 6.95. The number of anilines is 1. The highest BCUT2D eigenvalue weighted by Crippen LogP contribution is 2.31.